The van der Waals surface area contributed by atoms with Crippen molar-refractivity contribution in [1.29, 1.82) is 0 Å². The maximum atomic E-state index is 13.3. The maximum Gasteiger partial charge on any atom is 0.253 e. The number of nitrogens with one attached hydrogen (secondary N) is 2. The van der Waals surface area contributed by atoms with Gasteiger partial charge in [0.2, 0.25) is 5.91 Å². The summed E-state index contributed by atoms with van der Waals surface area (Å²) in [5, 5.41) is 6.05. The minimum atomic E-state index is -0.284. The molecular weight excluding hydrogens is 383 g/mol. The lowest BCUT2D eigenvalue weighted by Gasteiger charge is -2.31. The lowest BCUT2D eigenvalue weighted by atomic mass is 10.0. The second kappa shape index (κ2) is 9.89. The number of hydrogen-bond acceptors (Lipinski definition) is 3. The summed E-state index contributed by atoms with van der Waals surface area (Å²) in [6.45, 7) is 8.59. The first-order valence-electron chi connectivity index (χ1n) is 10.6. The third-order valence-corrected chi connectivity index (χ3v) is 5.62. The van der Waals surface area contributed by atoms with Crippen LogP contribution in [0.2, 0.25) is 0 Å². The van der Waals surface area contributed by atoms with Crippen LogP contribution in [-0.2, 0) is 4.79 Å². The van der Waals surface area contributed by atoms with E-state index in [4.69, 9.17) is 0 Å². The molecule has 1 fully saturated rings. The summed E-state index contributed by atoms with van der Waals surface area (Å²) in [6, 6.07) is 8.24. The molecule has 0 radical (unpaired) electrons. The number of rotatable bonds is 7. The van der Waals surface area contributed by atoms with Crippen molar-refractivity contribution in [1.82, 2.24) is 20.1 Å². The largest absolute Gasteiger partial charge is 0.355 e. The fraction of sp³-hybridized carbons (Fsp3) is 0.478. The number of halogens is 1. The fourth-order valence-electron chi connectivity index (χ4n) is 4.00. The topological polar surface area (TPSA) is 66.4 Å². The van der Waals surface area contributed by atoms with E-state index in [1.807, 2.05) is 31.4 Å². The predicted molar refractivity (Wildman–Crippen MR) is 115 cm³/mol. The predicted octanol–water partition coefficient (Wildman–Crippen LogP) is 2.95. The summed E-state index contributed by atoms with van der Waals surface area (Å²) in [5.41, 5.74) is 3.23. The summed E-state index contributed by atoms with van der Waals surface area (Å²) in [4.78, 5) is 26.9. The van der Waals surface area contributed by atoms with Crippen LogP contribution in [0.15, 0.2) is 30.3 Å². The highest BCUT2D eigenvalue weighted by molar-refractivity contribution is 5.96. The molecule has 30 heavy (non-hydrogen) atoms. The molecule has 0 aliphatic carbocycles. The van der Waals surface area contributed by atoms with Crippen LogP contribution in [0.4, 0.5) is 4.39 Å². The number of carbonyl (C=O) groups is 2. The molecule has 3 rings (SSSR count). The first-order chi connectivity index (χ1) is 14.4. The Kier molecular flexibility index (Phi) is 7.26. The van der Waals surface area contributed by atoms with Crippen LogP contribution >= 0.6 is 0 Å². The molecule has 162 valence electrons. The van der Waals surface area contributed by atoms with Gasteiger partial charge in [-0.05, 0) is 63.4 Å². The average Bonchev–Trinajstić information content (AvgIpc) is 3.03. The van der Waals surface area contributed by atoms with E-state index in [1.165, 1.54) is 12.1 Å². The van der Waals surface area contributed by atoms with Gasteiger partial charge in [-0.15, -0.1) is 0 Å². The molecule has 0 bridgehead atoms. The molecular formula is C23H31FN4O2. The van der Waals surface area contributed by atoms with E-state index in [2.05, 4.69) is 15.5 Å². The van der Waals surface area contributed by atoms with Crippen molar-refractivity contribution >= 4 is 11.8 Å². The van der Waals surface area contributed by atoms with Crippen LogP contribution in [0.1, 0.15) is 47.9 Å². The lowest BCUT2D eigenvalue weighted by molar-refractivity contribution is -0.122. The second-order valence-corrected chi connectivity index (χ2v) is 7.97. The van der Waals surface area contributed by atoms with Crippen LogP contribution in [0.5, 0.6) is 0 Å². The summed E-state index contributed by atoms with van der Waals surface area (Å²) in [6.07, 6.45) is 2.58. The van der Waals surface area contributed by atoms with Gasteiger partial charge in [0, 0.05) is 42.8 Å². The Labute approximate surface area is 177 Å². The standard InChI is InChI=1S/C23H31FN4O2/c1-4-11-25-22(29)15-27-12-9-19(10-13-27)26-23(30)21-14-16(2)28(17(21)3)20-7-5-18(24)6-8-20/h5-8,14,19H,4,9-13,15H2,1-3H3,(H,25,29)(H,26,30). The van der Waals surface area contributed by atoms with Crippen molar-refractivity contribution in [3.05, 3.63) is 53.1 Å². The molecule has 0 unspecified atom stereocenters. The van der Waals surface area contributed by atoms with E-state index in [-0.39, 0.29) is 23.7 Å². The second-order valence-electron chi connectivity index (χ2n) is 7.97. The van der Waals surface area contributed by atoms with Crippen LogP contribution in [0.3, 0.4) is 0 Å². The Morgan fingerprint density at radius 3 is 2.43 bits per heavy atom. The summed E-state index contributed by atoms with van der Waals surface area (Å²) in [5.74, 6) is -0.309. The van der Waals surface area contributed by atoms with Crippen LogP contribution in [-0.4, -0.2) is 53.5 Å². The summed E-state index contributed by atoms with van der Waals surface area (Å²) >= 11 is 0. The third-order valence-electron chi connectivity index (χ3n) is 5.62. The van der Waals surface area contributed by atoms with Gasteiger partial charge in [0.25, 0.3) is 5.91 Å². The van der Waals surface area contributed by atoms with Gasteiger partial charge < -0.3 is 15.2 Å². The smallest absolute Gasteiger partial charge is 0.253 e. The average molecular weight is 415 g/mol. The minimum absolute atomic E-state index is 0.0626. The Bertz CT molecular complexity index is 883. The molecule has 2 aromatic rings. The molecule has 0 spiro atoms. The number of aromatic nitrogens is 1. The molecule has 1 aromatic carbocycles. The van der Waals surface area contributed by atoms with E-state index in [1.54, 1.807) is 12.1 Å². The molecule has 1 aliphatic rings. The van der Waals surface area contributed by atoms with Crippen LogP contribution in [0.25, 0.3) is 5.69 Å². The monoisotopic (exact) mass is 414 g/mol. The Balaban J connectivity index is 1.58. The number of amides is 2. The third kappa shape index (κ3) is 5.27. The van der Waals surface area contributed by atoms with Gasteiger partial charge in [-0.1, -0.05) is 6.92 Å². The van der Waals surface area contributed by atoms with Crippen molar-refractivity contribution < 1.29 is 14.0 Å². The SMILES string of the molecule is CCCNC(=O)CN1CCC(NC(=O)c2cc(C)n(-c3ccc(F)cc3)c2C)CC1. The number of nitrogens with zero attached hydrogens (tertiary/aromatic N) is 2. The molecule has 1 aromatic heterocycles. The molecule has 2 amide bonds. The Morgan fingerprint density at radius 2 is 1.80 bits per heavy atom. The highest BCUT2D eigenvalue weighted by Gasteiger charge is 2.24. The van der Waals surface area contributed by atoms with E-state index in [0.29, 0.717) is 18.7 Å². The molecule has 0 atom stereocenters. The van der Waals surface area contributed by atoms with Crippen molar-refractivity contribution in [3.63, 3.8) is 0 Å². The highest BCUT2D eigenvalue weighted by atomic mass is 19.1. The summed E-state index contributed by atoms with van der Waals surface area (Å²) < 4.78 is 15.2. The molecule has 1 aliphatic heterocycles. The molecule has 7 heteroatoms. The fourth-order valence-corrected chi connectivity index (χ4v) is 4.00. The van der Waals surface area contributed by atoms with Gasteiger partial charge in [0.1, 0.15) is 5.82 Å². The highest BCUT2D eigenvalue weighted by Crippen LogP contribution is 2.22. The van der Waals surface area contributed by atoms with Crippen LogP contribution in [0, 0.1) is 19.7 Å². The zero-order valence-corrected chi connectivity index (χ0v) is 18.0. The minimum Gasteiger partial charge on any atom is -0.355 e. The van der Waals surface area contributed by atoms with E-state index in [9.17, 15) is 14.0 Å². The van der Waals surface area contributed by atoms with Crippen molar-refractivity contribution in [3.8, 4) is 5.69 Å². The van der Waals surface area contributed by atoms with Crippen molar-refractivity contribution in [2.75, 3.05) is 26.2 Å². The number of piperidine rings is 1. The number of aryl methyl sites for hydroxylation is 1. The molecule has 2 N–H and O–H groups in total. The molecule has 0 saturated carbocycles. The zero-order chi connectivity index (χ0) is 21.7. The van der Waals surface area contributed by atoms with Crippen LogP contribution < -0.4 is 10.6 Å². The quantitative estimate of drug-likeness (QED) is 0.732. The van der Waals surface area contributed by atoms with E-state index < -0.39 is 0 Å². The Hall–Kier alpha value is -2.67. The number of likely N-dealkylation sites (tertiary alicyclic amines) is 1. The lowest BCUT2D eigenvalue weighted by Crippen LogP contribution is -2.47. The normalized spacial score (nSPS) is 15.2. The number of carbonyl (C=O) groups excluding carboxylic acids is 2. The van der Waals surface area contributed by atoms with Gasteiger partial charge in [-0.3, -0.25) is 14.5 Å². The van der Waals surface area contributed by atoms with Gasteiger partial charge in [0.15, 0.2) is 0 Å². The first kappa shape index (κ1) is 22.0. The maximum absolute atomic E-state index is 13.3. The molecule has 2 heterocycles. The van der Waals surface area contributed by atoms with Crippen molar-refractivity contribution in [2.45, 2.75) is 46.1 Å². The van der Waals surface area contributed by atoms with E-state index >= 15 is 0 Å². The molecule has 1 saturated heterocycles. The van der Waals surface area contributed by atoms with Gasteiger partial charge in [-0.2, -0.15) is 0 Å². The molecule has 6 nitrogen and oxygen atoms in total. The van der Waals surface area contributed by atoms with Gasteiger partial charge in [0.05, 0.1) is 12.1 Å². The van der Waals surface area contributed by atoms with Gasteiger partial charge in [-0.25, -0.2) is 4.39 Å². The zero-order valence-electron chi connectivity index (χ0n) is 18.0. The van der Waals surface area contributed by atoms with Crippen molar-refractivity contribution in [2.24, 2.45) is 0 Å². The number of benzene rings is 1. The Morgan fingerprint density at radius 1 is 1.13 bits per heavy atom. The first-order valence-corrected chi connectivity index (χ1v) is 10.6. The number of hydrogen-bond donors (Lipinski definition) is 2. The van der Waals surface area contributed by atoms with E-state index in [0.717, 1.165) is 49.4 Å². The summed E-state index contributed by atoms with van der Waals surface area (Å²) in [7, 11) is 0. The van der Waals surface area contributed by atoms with Gasteiger partial charge >= 0.3 is 0 Å².